The van der Waals surface area contributed by atoms with E-state index in [-0.39, 0.29) is 24.8 Å². The molecule has 0 fully saturated rings. The van der Waals surface area contributed by atoms with E-state index in [1.54, 1.807) is 33.0 Å². The zero-order valence-electron chi connectivity index (χ0n) is 24.1. The van der Waals surface area contributed by atoms with Crippen LogP contribution < -0.4 is 38.5 Å². The van der Waals surface area contributed by atoms with Gasteiger partial charge in [-0.3, -0.25) is 0 Å². The molecule has 4 aromatic carbocycles. The van der Waals surface area contributed by atoms with Gasteiger partial charge in [0.15, 0.2) is 0 Å². The Bertz CT molecular complexity index is 1620. The minimum absolute atomic E-state index is 0. The average molecular weight is 660 g/mol. The van der Waals surface area contributed by atoms with Crippen LogP contribution in [0.25, 0.3) is 28.3 Å². The molecule has 0 amide bonds. The topological polar surface area (TPSA) is 0 Å². The number of hydrogen-bond donors (Lipinski definition) is 0. The maximum atomic E-state index is 2.69. The van der Waals surface area contributed by atoms with Gasteiger partial charge in [0.2, 0.25) is 0 Å². The first-order chi connectivity index (χ1) is 18.5. The molecule has 203 valence electrons. The quantitative estimate of drug-likeness (QED) is 0.273. The smallest absolute Gasteiger partial charge is 1.00 e. The van der Waals surface area contributed by atoms with Crippen LogP contribution in [0.2, 0.25) is 0 Å². The summed E-state index contributed by atoms with van der Waals surface area (Å²) in [5.74, 6) is -0.383. The number of rotatable bonds is 6. The van der Waals surface area contributed by atoms with Gasteiger partial charge in [0.25, 0.3) is 0 Å². The van der Waals surface area contributed by atoms with Gasteiger partial charge in [-0.05, 0) is 0 Å². The van der Waals surface area contributed by atoms with Gasteiger partial charge in [-0.15, -0.1) is 0 Å². The van der Waals surface area contributed by atoms with Gasteiger partial charge < -0.3 is 24.8 Å². The van der Waals surface area contributed by atoms with Crippen LogP contribution in [0.15, 0.2) is 78.4 Å². The molecule has 0 radical (unpaired) electrons. The third kappa shape index (κ3) is 4.59. The first-order valence-electron chi connectivity index (χ1n) is 14.5. The maximum Gasteiger partial charge on any atom is -1.00 e. The molecule has 0 nitrogen and oxygen atoms in total. The van der Waals surface area contributed by atoms with Gasteiger partial charge in [-0.1, -0.05) is 0 Å². The molecule has 1 aliphatic carbocycles. The van der Waals surface area contributed by atoms with E-state index in [9.17, 15) is 0 Å². The van der Waals surface area contributed by atoms with Crippen LogP contribution in [0, 0.1) is 19.8 Å². The summed E-state index contributed by atoms with van der Waals surface area (Å²) in [5.41, 5.74) is 15.4. The summed E-state index contributed by atoms with van der Waals surface area (Å²) < 4.78 is 2.55. The summed E-state index contributed by atoms with van der Waals surface area (Å²) in [6, 6.07) is 29.1. The van der Waals surface area contributed by atoms with Crippen molar-refractivity contribution in [2.75, 3.05) is 0 Å². The van der Waals surface area contributed by atoms with Gasteiger partial charge in [0, 0.05) is 0 Å². The fourth-order valence-electron chi connectivity index (χ4n) is 7.74. The van der Waals surface area contributed by atoms with Crippen molar-refractivity contribution in [1.29, 1.82) is 0 Å². The summed E-state index contributed by atoms with van der Waals surface area (Å²) >= 11 is -1.97. The van der Waals surface area contributed by atoms with E-state index >= 15 is 0 Å². The van der Waals surface area contributed by atoms with Crippen molar-refractivity contribution in [2.24, 2.45) is 5.92 Å². The molecule has 0 N–H and O–H groups in total. The molecule has 2 heterocycles. The maximum absolute atomic E-state index is 2.69. The van der Waals surface area contributed by atoms with E-state index in [2.05, 4.69) is 113 Å². The van der Waals surface area contributed by atoms with Crippen molar-refractivity contribution in [3.63, 3.8) is 0 Å². The van der Waals surface area contributed by atoms with Crippen LogP contribution in [0.1, 0.15) is 65.1 Å². The van der Waals surface area contributed by atoms with E-state index < -0.39 is 26.8 Å². The average Bonchev–Trinajstić information content (AvgIpc) is 3.37. The largest absolute Gasteiger partial charge is 1.00 e. The van der Waals surface area contributed by atoms with Gasteiger partial charge in [0.1, 0.15) is 0 Å². The molecule has 4 aromatic rings. The molecular weight excluding hydrogens is 623 g/mol. The molecule has 4 heteroatoms. The second-order valence-corrected chi connectivity index (χ2v) is 27.2. The Morgan fingerprint density at radius 1 is 0.850 bits per heavy atom. The van der Waals surface area contributed by atoms with Crippen LogP contribution in [-0.2, 0) is 27.3 Å². The number of allylic oxidation sites excluding steroid dienone is 1. The van der Waals surface area contributed by atoms with Gasteiger partial charge in [-0.2, -0.15) is 0 Å². The monoisotopic (exact) mass is 657 g/mol. The summed E-state index contributed by atoms with van der Waals surface area (Å²) in [4.78, 5) is 0. The molecule has 7 rings (SSSR count). The van der Waals surface area contributed by atoms with Gasteiger partial charge in [-0.25, -0.2) is 0 Å². The van der Waals surface area contributed by atoms with Crippen molar-refractivity contribution in [3.8, 4) is 22.3 Å². The van der Waals surface area contributed by atoms with Crippen LogP contribution in [0.3, 0.4) is 0 Å². The normalized spacial score (nSPS) is 17.4. The molecule has 3 aliphatic rings. The zero-order valence-corrected chi connectivity index (χ0v) is 29.2. The van der Waals surface area contributed by atoms with Crippen LogP contribution in [0.5, 0.6) is 0 Å². The Morgan fingerprint density at radius 3 is 2.30 bits per heavy atom. The van der Waals surface area contributed by atoms with Gasteiger partial charge >= 0.3 is 238 Å². The number of fused-ring (bicyclic) bond motifs is 4. The Morgan fingerprint density at radius 2 is 1.57 bits per heavy atom. The van der Waals surface area contributed by atoms with Crippen LogP contribution >= 0.6 is 0 Å². The van der Waals surface area contributed by atoms with Crippen molar-refractivity contribution in [2.45, 2.75) is 57.5 Å². The minimum Gasteiger partial charge on any atom is -1.00 e. The summed E-state index contributed by atoms with van der Waals surface area (Å²) in [6.45, 7) is 11.7. The first kappa shape index (κ1) is 29.8. The number of benzene rings is 4. The van der Waals surface area contributed by atoms with E-state index in [4.69, 9.17) is 0 Å². The second kappa shape index (κ2) is 11.5. The SMILES string of the molecule is CCCc1ccc2c(c1-c1cc(C)cc(C)c1)C=C(CC(C)C)[CH]2[Zr+2]1[c]2cccc3c2[SiH]1c1ccccc1-3.[Cl-].[Cl-]. The van der Waals surface area contributed by atoms with Crippen molar-refractivity contribution >= 4 is 25.6 Å². The minimum atomic E-state index is -1.97. The predicted octanol–water partition coefficient (Wildman–Crippen LogP) is 1.19. The molecule has 2 aliphatic heterocycles. The summed E-state index contributed by atoms with van der Waals surface area (Å²) in [5, 5.41) is 3.60. The molecule has 2 unspecified atom stereocenters. The number of halogens is 2. The zero-order chi connectivity index (χ0) is 26.1. The molecule has 0 saturated carbocycles. The van der Waals surface area contributed by atoms with E-state index in [1.165, 1.54) is 40.7 Å². The molecule has 2 atom stereocenters. The Hall–Kier alpha value is -1.70. The third-order valence-electron chi connectivity index (χ3n) is 8.94. The first-order valence-corrected chi connectivity index (χ1v) is 23.1. The fourth-order valence-corrected chi connectivity index (χ4v) is 33.9. The summed E-state index contributed by atoms with van der Waals surface area (Å²) in [6.07, 6.45) is 6.26. The number of aryl methyl sites for hydroxylation is 3. The van der Waals surface area contributed by atoms with Crippen molar-refractivity contribution in [1.82, 2.24) is 0 Å². The molecule has 0 aromatic heterocycles. The fraction of sp³-hybridized carbons (Fsp3) is 0.278. The molecule has 0 spiro atoms. The van der Waals surface area contributed by atoms with Gasteiger partial charge in [0.05, 0.1) is 0 Å². The molecular formula is C36H37Cl2SiZr. The standard InChI is InChI=1S/C24H29.C12H8Si.2ClH.Zr/c1-6-7-20-8-9-21-14-19(10-16(2)3)15-23(21)24(20)22-12-17(4)11-18(5)13-22;1-3-7-11-9(5-1)10-6-2-4-8-12(10)13-11;;;/h8-9,11-16H,6-7,10H2,1-5H3;1-7,13H;2*1H;/q;;;;+2/p-2. The predicted molar refractivity (Wildman–Crippen MR) is 163 cm³/mol. The Kier molecular flexibility index (Phi) is 8.58. The van der Waals surface area contributed by atoms with E-state index in [0.29, 0.717) is 9.54 Å². The Balaban J connectivity index is 0.00000161. The number of hydrogen-bond acceptors (Lipinski definition) is 0. The molecule has 0 bridgehead atoms. The molecule has 0 saturated heterocycles. The van der Waals surface area contributed by atoms with Crippen LogP contribution in [0.4, 0.5) is 0 Å². The van der Waals surface area contributed by atoms with Crippen molar-refractivity contribution in [3.05, 3.63) is 106 Å². The third-order valence-corrected chi connectivity index (χ3v) is 31.2. The van der Waals surface area contributed by atoms with E-state index in [1.807, 2.05) is 8.46 Å². The Labute approximate surface area is 261 Å². The van der Waals surface area contributed by atoms with Crippen molar-refractivity contribution < 1.29 is 45.7 Å². The summed E-state index contributed by atoms with van der Waals surface area (Å²) in [7, 11) is 0. The van der Waals surface area contributed by atoms with Crippen LogP contribution in [-0.4, -0.2) is 5.92 Å². The molecule has 40 heavy (non-hydrogen) atoms. The van der Waals surface area contributed by atoms with E-state index in [0.717, 1.165) is 6.42 Å². The second-order valence-electron chi connectivity index (χ2n) is 12.2.